The van der Waals surface area contributed by atoms with Crippen molar-refractivity contribution in [2.75, 3.05) is 60.5 Å². The molecule has 5 unspecified atom stereocenters. The molecule has 0 saturated heterocycles. The van der Waals surface area contributed by atoms with E-state index in [0.717, 1.165) is 93.6 Å². The van der Waals surface area contributed by atoms with E-state index in [0.29, 0.717) is 6.61 Å². The smallest absolute Gasteiger partial charge is 0.198 e. The van der Waals surface area contributed by atoms with E-state index in [4.69, 9.17) is 23.7 Å². The highest BCUT2D eigenvalue weighted by Crippen LogP contribution is 2.52. The van der Waals surface area contributed by atoms with Crippen LogP contribution < -0.4 is 14.2 Å². The van der Waals surface area contributed by atoms with Crippen molar-refractivity contribution in [1.29, 1.82) is 0 Å². The standard InChI is InChI=1S/C42H53N3O5/c1-7-45(8-2)19-20-47-35-14-11-28-22-33-32-26-38-37(24-29(32)15-17-43(33)4)49-41-39(46-6)25-30-16-18-44(5)34(40(30)42(41,3)50-38)21-27-9-12-31(13-10-27)48-36(35)23-28/h9-14,24-26,33-34,36,41H,7-8,15-23H2,1-6H3. The van der Waals surface area contributed by atoms with E-state index >= 15 is 0 Å². The topological polar surface area (TPSA) is 55.9 Å². The van der Waals surface area contributed by atoms with Crippen LogP contribution in [0.1, 0.15) is 62.8 Å². The Labute approximate surface area is 297 Å². The number of hydrogen-bond donors (Lipinski definition) is 0. The number of hydrogen-bond acceptors (Lipinski definition) is 8. The molecule has 5 heterocycles. The average Bonchev–Trinajstić information content (AvgIpc) is 3.12. The molecule has 7 aliphatic rings. The summed E-state index contributed by atoms with van der Waals surface area (Å²) in [6.45, 7) is 12.2. The lowest BCUT2D eigenvalue weighted by atomic mass is 9.72. The maximum atomic E-state index is 7.28. The monoisotopic (exact) mass is 679 g/mol. The molecule has 8 heteroatoms. The van der Waals surface area contributed by atoms with Crippen molar-refractivity contribution in [2.24, 2.45) is 0 Å². The quantitative estimate of drug-likeness (QED) is 0.324. The number of benzene rings is 2. The number of likely N-dealkylation sites (N-methyl/N-ethyl adjacent to an activating group) is 3. The lowest BCUT2D eigenvalue weighted by Gasteiger charge is -2.51. The number of methoxy groups -OCH3 is 1. The first-order valence-corrected chi connectivity index (χ1v) is 18.7. The third-order valence-corrected chi connectivity index (χ3v) is 12.1. The van der Waals surface area contributed by atoms with Gasteiger partial charge in [0.25, 0.3) is 0 Å². The van der Waals surface area contributed by atoms with Gasteiger partial charge in [-0.05, 0) is 124 Å². The molecule has 0 radical (unpaired) electrons. The van der Waals surface area contributed by atoms with Crippen LogP contribution in [0.3, 0.4) is 0 Å². The van der Waals surface area contributed by atoms with Gasteiger partial charge in [0.15, 0.2) is 29.3 Å². The fourth-order valence-corrected chi connectivity index (χ4v) is 9.09. The zero-order chi connectivity index (χ0) is 34.6. The van der Waals surface area contributed by atoms with E-state index in [9.17, 15) is 0 Å². The minimum Gasteiger partial charge on any atom is -0.497 e. The fraction of sp³-hybridized carbons (Fsp3) is 0.524. The number of fused-ring (bicyclic) bond motifs is 2. The van der Waals surface area contributed by atoms with Crippen molar-refractivity contribution in [3.05, 3.63) is 99.6 Å². The summed E-state index contributed by atoms with van der Waals surface area (Å²) in [5.74, 6) is 4.26. The largest absolute Gasteiger partial charge is 0.497 e. The van der Waals surface area contributed by atoms with Crippen LogP contribution in [-0.4, -0.2) is 99.1 Å². The molecule has 2 aromatic carbocycles. The number of allylic oxidation sites excluding steroid dienone is 3. The molecule has 266 valence electrons. The second-order valence-electron chi connectivity index (χ2n) is 15.0. The Morgan fingerprint density at radius 3 is 2.44 bits per heavy atom. The van der Waals surface area contributed by atoms with Crippen molar-refractivity contribution in [3.63, 3.8) is 0 Å². The molecule has 0 spiro atoms. The Balaban J connectivity index is 1.22. The SMILES string of the molecule is CCN(CC)CCOC1=CC=C2CC1Oc1ccc(cc1)CC1C3=C(C=C(OC)C4Oc5cc6c(cc5OC34C)C(C2)N(C)CC6)CCN1C. The van der Waals surface area contributed by atoms with Gasteiger partial charge in [-0.25, -0.2) is 0 Å². The predicted molar refractivity (Wildman–Crippen MR) is 196 cm³/mol. The van der Waals surface area contributed by atoms with Crippen molar-refractivity contribution < 1.29 is 23.7 Å². The van der Waals surface area contributed by atoms with Crippen LogP contribution in [0, 0.1) is 0 Å². The van der Waals surface area contributed by atoms with Crippen LogP contribution in [0.5, 0.6) is 17.2 Å². The van der Waals surface area contributed by atoms with E-state index in [-0.39, 0.29) is 24.3 Å². The van der Waals surface area contributed by atoms with Gasteiger partial charge < -0.3 is 28.6 Å². The third-order valence-electron chi connectivity index (χ3n) is 12.1. The summed E-state index contributed by atoms with van der Waals surface area (Å²) in [4.78, 5) is 7.37. The van der Waals surface area contributed by atoms with Gasteiger partial charge in [-0.3, -0.25) is 9.80 Å². The lowest BCUT2D eigenvalue weighted by Crippen LogP contribution is -2.60. The second-order valence-corrected chi connectivity index (χ2v) is 15.0. The summed E-state index contributed by atoms with van der Waals surface area (Å²) >= 11 is 0. The molecule has 2 aliphatic carbocycles. The van der Waals surface area contributed by atoms with E-state index in [1.165, 1.54) is 33.4 Å². The molecule has 50 heavy (non-hydrogen) atoms. The van der Waals surface area contributed by atoms with E-state index < -0.39 is 5.60 Å². The molecule has 5 aliphatic heterocycles. The summed E-state index contributed by atoms with van der Waals surface area (Å²) in [7, 11) is 6.24. The van der Waals surface area contributed by atoms with Gasteiger partial charge in [-0.2, -0.15) is 0 Å². The number of rotatable bonds is 7. The van der Waals surface area contributed by atoms with Crippen molar-refractivity contribution >= 4 is 0 Å². The first-order chi connectivity index (χ1) is 24.3. The van der Waals surface area contributed by atoms with Crippen LogP contribution >= 0.6 is 0 Å². The van der Waals surface area contributed by atoms with Gasteiger partial charge in [0.05, 0.1) is 7.11 Å². The molecule has 0 fully saturated rings. The number of ether oxygens (including phenoxy) is 5. The maximum absolute atomic E-state index is 7.28. The zero-order valence-corrected chi connectivity index (χ0v) is 30.7. The van der Waals surface area contributed by atoms with Crippen LogP contribution in [0.25, 0.3) is 0 Å². The Hall–Kier alpha value is -3.72. The molecule has 9 rings (SSSR count). The lowest BCUT2D eigenvalue weighted by molar-refractivity contribution is -0.0465. The fourth-order valence-electron chi connectivity index (χ4n) is 9.09. The summed E-state index contributed by atoms with van der Waals surface area (Å²) < 4.78 is 33.5. The molecule has 8 nitrogen and oxygen atoms in total. The van der Waals surface area contributed by atoms with Crippen molar-refractivity contribution in [3.8, 4) is 17.2 Å². The Bertz CT molecular complexity index is 1740. The minimum absolute atomic E-state index is 0.146. The summed E-state index contributed by atoms with van der Waals surface area (Å²) in [5, 5.41) is 0. The third kappa shape index (κ3) is 5.93. The van der Waals surface area contributed by atoms with Crippen molar-refractivity contribution in [2.45, 2.75) is 82.8 Å². The number of nitrogens with zero attached hydrogens (tertiary/aromatic N) is 3. The van der Waals surface area contributed by atoms with Gasteiger partial charge >= 0.3 is 0 Å². The summed E-state index contributed by atoms with van der Waals surface area (Å²) in [6, 6.07) is 13.6. The van der Waals surface area contributed by atoms with E-state index in [1.807, 2.05) is 0 Å². The minimum atomic E-state index is -0.716. The van der Waals surface area contributed by atoms with E-state index in [2.05, 4.69) is 104 Å². The van der Waals surface area contributed by atoms with E-state index in [1.54, 1.807) is 7.11 Å². The predicted octanol–water partition coefficient (Wildman–Crippen LogP) is 6.62. The molecule has 0 saturated carbocycles. The molecule has 5 atom stereocenters. The first-order valence-electron chi connectivity index (χ1n) is 18.7. The first kappa shape index (κ1) is 33.4. The zero-order valence-electron chi connectivity index (χ0n) is 30.7. The normalized spacial score (nSPS) is 28.8. The van der Waals surface area contributed by atoms with Crippen LogP contribution in [-0.2, 0) is 22.3 Å². The summed E-state index contributed by atoms with van der Waals surface area (Å²) in [5.41, 5.74) is 7.17. The maximum Gasteiger partial charge on any atom is 0.198 e. The molecule has 0 amide bonds. The molecular weight excluding hydrogens is 626 g/mol. The van der Waals surface area contributed by atoms with Crippen LogP contribution in [0.4, 0.5) is 0 Å². The highest BCUT2D eigenvalue weighted by Gasteiger charge is 2.55. The van der Waals surface area contributed by atoms with Gasteiger partial charge in [0, 0.05) is 38.1 Å². The highest BCUT2D eigenvalue weighted by atomic mass is 16.6. The van der Waals surface area contributed by atoms with Gasteiger partial charge in [-0.1, -0.05) is 37.6 Å². The molecule has 0 aromatic heterocycles. The van der Waals surface area contributed by atoms with Gasteiger partial charge in [0.2, 0.25) is 0 Å². The average molecular weight is 680 g/mol. The molecular formula is C42H53N3O5. The van der Waals surface area contributed by atoms with Gasteiger partial charge in [0.1, 0.15) is 23.9 Å². The molecule has 2 aromatic rings. The second kappa shape index (κ2) is 13.4. The molecule has 0 N–H and O–H groups in total. The van der Waals surface area contributed by atoms with Crippen LogP contribution in [0.15, 0.2) is 82.9 Å². The Kier molecular flexibility index (Phi) is 8.98. The van der Waals surface area contributed by atoms with Gasteiger partial charge in [-0.15, -0.1) is 0 Å². The summed E-state index contributed by atoms with van der Waals surface area (Å²) in [6.07, 6.45) is 10.6. The van der Waals surface area contributed by atoms with Crippen LogP contribution in [0.2, 0.25) is 0 Å². The van der Waals surface area contributed by atoms with Crippen molar-refractivity contribution in [1.82, 2.24) is 14.7 Å². The highest BCUT2D eigenvalue weighted by molar-refractivity contribution is 5.56. The Morgan fingerprint density at radius 1 is 0.880 bits per heavy atom. The Morgan fingerprint density at radius 2 is 1.66 bits per heavy atom. The molecule has 7 bridgehead atoms.